The molecule has 1 amide bonds. The summed E-state index contributed by atoms with van der Waals surface area (Å²) in [5.41, 5.74) is 0.870. The molecule has 0 aromatic heterocycles. The summed E-state index contributed by atoms with van der Waals surface area (Å²) in [7, 11) is 4.66. The van der Waals surface area contributed by atoms with Gasteiger partial charge in [0.05, 0.1) is 27.9 Å². The average molecular weight is 391 g/mol. The summed E-state index contributed by atoms with van der Waals surface area (Å²) in [6.45, 7) is 0.943. The largest absolute Gasteiger partial charge is 0.494 e. The molecule has 2 aromatic rings. The van der Waals surface area contributed by atoms with Crippen molar-refractivity contribution in [2.45, 2.75) is 19.3 Å². The first-order valence-electron chi connectivity index (χ1n) is 9.02. The molecule has 0 aliphatic rings. The van der Waals surface area contributed by atoms with E-state index in [-0.39, 0.29) is 11.7 Å². The van der Waals surface area contributed by atoms with E-state index in [1.807, 2.05) is 6.07 Å². The summed E-state index contributed by atoms with van der Waals surface area (Å²) in [5.74, 6) is 1.91. The SMILES string of the molecule is COc1ccc(CCC(=O)NCCCOc2ccc(F)cc2)c(OC)c1OC. The van der Waals surface area contributed by atoms with E-state index < -0.39 is 0 Å². The Morgan fingerprint density at radius 1 is 0.964 bits per heavy atom. The van der Waals surface area contributed by atoms with Crippen LogP contribution >= 0.6 is 0 Å². The van der Waals surface area contributed by atoms with Crippen LogP contribution in [0.3, 0.4) is 0 Å². The van der Waals surface area contributed by atoms with Gasteiger partial charge in [-0.25, -0.2) is 4.39 Å². The van der Waals surface area contributed by atoms with Crippen LogP contribution in [0.25, 0.3) is 0 Å². The minimum absolute atomic E-state index is 0.0568. The summed E-state index contributed by atoms with van der Waals surface area (Å²) < 4.78 is 34.3. The quantitative estimate of drug-likeness (QED) is 0.595. The zero-order valence-electron chi connectivity index (χ0n) is 16.4. The van der Waals surface area contributed by atoms with Gasteiger partial charge in [-0.3, -0.25) is 4.79 Å². The molecule has 0 heterocycles. The van der Waals surface area contributed by atoms with Crippen LogP contribution in [0, 0.1) is 5.82 Å². The third kappa shape index (κ3) is 6.04. The van der Waals surface area contributed by atoms with Gasteiger partial charge in [0.25, 0.3) is 0 Å². The molecular weight excluding hydrogens is 365 g/mol. The maximum absolute atomic E-state index is 12.8. The number of benzene rings is 2. The van der Waals surface area contributed by atoms with E-state index >= 15 is 0 Å². The van der Waals surface area contributed by atoms with Crippen molar-refractivity contribution in [3.8, 4) is 23.0 Å². The van der Waals surface area contributed by atoms with Crippen LogP contribution in [0.5, 0.6) is 23.0 Å². The Labute approximate surface area is 164 Å². The van der Waals surface area contributed by atoms with Gasteiger partial charge in [-0.05, 0) is 48.7 Å². The van der Waals surface area contributed by atoms with Gasteiger partial charge in [-0.1, -0.05) is 6.07 Å². The first kappa shape index (κ1) is 21.3. The number of hydrogen-bond acceptors (Lipinski definition) is 5. The number of carbonyl (C=O) groups is 1. The molecule has 0 radical (unpaired) electrons. The fourth-order valence-electron chi connectivity index (χ4n) is 2.72. The van der Waals surface area contributed by atoms with Crippen molar-refractivity contribution in [3.63, 3.8) is 0 Å². The molecule has 2 rings (SSSR count). The highest BCUT2D eigenvalue weighted by Crippen LogP contribution is 2.40. The van der Waals surface area contributed by atoms with E-state index in [4.69, 9.17) is 18.9 Å². The van der Waals surface area contributed by atoms with Crippen LogP contribution in [0.15, 0.2) is 36.4 Å². The molecule has 7 heteroatoms. The van der Waals surface area contributed by atoms with Gasteiger partial charge < -0.3 is 24.3 Å². The molecular formula is C21H26FNO5. The normalized spacial score (nSPS) is 10.3. The van der Waals surface area contributed by atoms with Crippen molar-refractivity contribution in [2.75, 3.05) is 34.5 Å². The Morgan fingerprint density at radius 3 is 2.32 bits per heavy atom. The number of halogens is 1. The lowest BCUT2D eigenvalue weighted by molar-refractivity contribution is -0.121. The average Bonchev–Trinajstić information content (AvgIpc) is 2.72. The highest BCUT2D eigenvalue weighted by Gasteiger charge is 2.16. The molecule has 0 spiro atoms. The number of hydrogen-bond donors (Lipinski definition) is 1. The molecule has 0 atom stereocenters. The van der Waals surface area contributed by atoms with E-state index in [1.165, 1.54) is 12.1 Å². The Bertz CT molecular complexity index is 764. The maximum atomic E-state index is 12.8. The predicted octanol–water partition coefficient (Wildman–Crippen LogP) is 3.37. The number of ether oxygens (including phenoxy) is 4. The zero-order valence-corrected chi connectivity index (χ0v) is 16.4. The third-order valence-corrected chi connectivity index (χ3v) is 4.13. The monoisotopic (exact) mass is 391 g/mol. The number of nitrogens with one attached hydrogen (secondary N) is 1. The van der Waals surface area contributed by atoms with Crippen molar-refractivity contribution in [3.05, 3.63) is 47.8 Å². The minimum Gasteiger partial charge on any atom is -0.494 e. The van der Waals surface area contributed by atoms with Gasteiger partial charge in [0, 0.05) is 13.0 Å². The maximum Gasteiger partial charge on any atom is 0.220 e. The Kier molecular flexibility index (Phi) is 8.39. The van der Waals surface area contributed by atoms with Gasteiger partial charge in [0.2, 0.25) is 11.7 Å². The van der Waals surface area contributed by atoms with Crippen LogP contribution in [-0.4, -0.2) is 40.4 Å². The molecule has 2 aromatic carbocycles. The van der Waals surface area contributed by atoms with E-state index in [9.17, 15) is 9.18 Å². The smallest absolute Gasteiger partial charge is 0.220 e. The van der Waals surface area contributed by atoms with Crippen LogP contribution in [0.2, 0.25) is 0 Å². The molecule has 0 bridgehead atoms. The van der Waals surface area contributed by atoms with Crippen LogP contribution < -0.4 is 24.3 Å². The molecule has 152 valence electrons. The van der Waals surface area contributed by atoms with Crippen molar-refractivity contribution in [1.29, 1.82) is 0 Å². The zero-order chi connectivity index (χ0) is 20.4. The molecule has 0 aliphatic carbocycles. The summed E-state index contributed by atoms with van der Waals surface area (Å²) in [5, 5.41) is 2.86. The van der Waals surface area contributed by atoms with Crippen molar-refractivity contribution < 1.29 is 28.1 Å². The van der Waals surface area contributed by atoms with Gasteiger partial charge in [-0.2, -0.15) is 0 Å². The second kappa shape index (κ2) is 11.0. The molecule has 28 heavy (non-hydrogen) atoms. The fourth-order valence-corrected chi connectivity index (χ4v) is 2.72. The molecule has 0 aliphatic heterocycles. The lowest BCUT2D eigenvalue weighted by atomic mass is 10.1. The van der Waals surface area contributed by atoms with Crippen molar-refractivity contribution in [2.24, 2.45) is 0 Å². The summed E-state index contributed by atoms with van der Waals surface area (Å²) >= 11 is 0. The molecule has 6 nitrogen and oxygen atoms in total. The Morgan fingerprint density at radius 2 is 1.68 bits per heavy atom. The number of rotatable bonds is 11. The van der Waals surface area contributed by atoms with E-state index in [1.54, 1.807) is 39.5 Å². The summed E-state index contributed by atoms with van der Waals surface area (Å²) in [6, 6.07) is 9.50. The minimum atomic E-state index is -0.300. The second-order valence-electron chi connectivity index (χ2n) is 6.00. The first-order valence-corrected chi connectivity index (χ1v) is 9.02. The fraction of sp³-hybridized carbons (Fsp3) is 0.381. The number of amides is 1. The van der Waals surface area contributed by atoms with Crippen LogP contribution in [-0.2, 0) is 11.2 Å². The van der Waals surface area contributed by atoms with E-state index in [0.29, 0.717) is 55.4 Å². The molecule has 0 saturated heterocycles. The second-order valence-corrected chi connectivity index (χ2v) is 6.00. The predicted molar refractivity (Wildman–Crippen MR) is 104 cm³/mol. The first-order chi connectivity index (χ1) is 13.6. The Hall–Kier alpha value is -2.96. The third-order valence-electron chi connectivity index (χ3n) is 4.13. The number of aryl methyl sites for hydroxylation is 1. The van der Waals surface area contributed by atoms with Crippen molar-refractivity contribution >= 4 is 5.91 Å². The number of carbonyl (C=O) groups excluding carboxylic acids is 1. The van der Waals surface area contributed by atoms with Crippen molar-refractivity contribution in [1.82, 2.24) is 5.32 Å². The highest BCUT2D eigenvalue weighted by atomic mass is 19.1. The van der Waals surface area contributed by atoms with Gasteiger partial charge in [0.15, 0.2) is 11.5 Å². The molecule has 0 fully saturated rings. The number of methoxy groups -OCH3 is 3. The molecule has 0 saturated carbocycles. The Balaban J connectivity index is 1.74. The molecule has 1 N–H and O–H groups in total. The molecule has 0 unspecified atom stereocenters. The lowest BCUT2D eigenvalue weighted by Gasteiger charge is -2.15. The standard InChI is InChI=1S/C21H26FNO5/c1-25-18-11-5-15(20(26-2)21(18)27-3)6-12-19(24)23-13-4-14-28-17-9-7-16(22)8-10-17/h5,7-11H,4,6,12-14H2,1-3H3,(H,23,24). The van der Waals surface area contributed by atoms with Crippen LogP contribution in [0.1, 0.15) is 18.4 Å². The van der Waals surface area contributed by atoms with E-state index in [0.717, 1.165) is 5.56 Å². The van der Waals surface area contributed by atoms with E-state index in [2.05, 4.69) is 5.32 Å². The highest BCUT2D eigenvalue weighted by molar-refractivity contribution is 5.76. The van der Waals surface area contributed by atoms with Crippen LogP contribution in [0.4, 0.5) is 4.39 Å². The lowest BCUT2D eigenvalue weighted by Crippen LogP contribution is -2.25. The summed E-state index contributed by atoms with van der Waals surface area (Å²) in [4.78, 5) is 12.1. The van der Waals surface area contributed by atoms with Gasteiger partial charge in [-0.15, -0.1) is 0 Å². The van der Waals surface area contributed by atoms with Gasteiger partial charge in [0.1, 0.15) is 11.6 Å². The van der Waals surface area contributed by atoms with Gasteiger partial charge >= 0.3 is 0 Å². The topological polar surface area (TPSA) is 66.0 Å². The summed E-state index contributed by atoms with van der Waals surface area (Å²) in [6.07, 6.45) is 1.49.